The standard InChI is InChI=1S/C24H20FN3O2/c1-30-23-14-22(17-7-9-18(25)10-8-17)28-21-12-11-19(13-20(21)23)27-24(29)26-15-16-5-3-2-4-6-16/h2-14H,15H2,1H3,(H2,26,27,29). The number of aromatic nitrogens is 1. The minimum Gasteiger partial charge on any atom is -0.496 e. The Morgan fingerprint density at radius 1 is 1.00 bits per heavy atom. The third kappa shape index (κ3) is 4.38. The third-order valence-corrected chi connectivity index (χ3v) is 4.68. The van der Waals surface area contributed by atoms with Crippen LogP contribution < -0.4 is 15.4 Å². The maximum atomic E-state index is 13.2. The van der Waals surface area contributed by atoms with Crippen molar-refractivity contribution in [2.45, 2.75) is 6.54 Å². The van der Waals surface area contributed by atoms with Gasteiger partial charge in [0, 0.05) is 29.2 Å². The lowest BCUT2D eigenvalue weighted by Gasteiger charge is -2.12. The van der Waals surface area contributed by atoms with Gasteiger partial charge in [0.15, 0.2) is 0 Å². The zero-order valence-corrected chi connectivity index (χ0v) is 16.4. The molecule has 6 heteroatoms. The smallest absolute Gasteiger partial charge is 0.319 e. The molecule has 5 nitrogen and oxygen atoms in total. The molecule has 0 radical (unpaired) electrons. The molecule has 0 saturated heterocycles. The summed E-state index contributed by atoms with van der Waals surface area (Å²) in [5, 5.41) is 6.43. The van der Waals surface area contributed by atoms with E-state index in [0.717, 1.165) is 16.5 Å². The van der Waals surface area contributed by atoms with E-state index < -0.39 is 0 Å². The van der Waals surface area contributed by atoms with E-state index in [1.807, 2.05) is 42.5 Å². The molecule has 30 heavy (non-hydrogen) atoms. The molecule has 0 aliphatic heterocycles. The number of ether oxygens (including phenoxy) is 1. The van der Waals surface area contributed by atoms with Crippen molar-refractivity contribution in [3.63, 3.8) is 0 Å². The number of benzene rings is 3. The van der Waals surface area contributed by atoms with Crippen LogP contribution in [0.2, 0.25) is 0 Å². The molecule has 0 fully saturated rings. The Bertz CT molecular complexity index is 1180. The van der Waals surface area contributed by atoms with Crippen molar-refractivity contribution >= 4 is 22.6 Å². The van der Waals surface area contributed by atoms with Gasteiger partial charge in [-0.2, -0.15) is 0 Å². The van der Waals surface area contributed by atoms with Crippen LogP contribution in [0, 0.1) is 5.82 Å². The van der Waals surface area contributed by atoms with Crippen molar-refractivity contribution in [1.82, 2.24) is 10.3 Å². The number of nitrogens with zero attached hydrogens (tertiary/aromatic N) is 1. The summed E-state index contributed by atoms with van der Waals surface area (Å²) in [5.41, 5.74) is 3.83. The van der Waals surface area contributed by atoms with E-state index in [1.165, 1.54) is 12.1 Å². The van der Waals surface area contributed by atoms with Crippen LogP contribution in [0.5, 0.6) is 5.75 Å². The molecule has 0 aliphatic carbocycles. The number of rotatable bonds is 5. The van der Waals surface area contributed by atoms with E-state index >= 15 is 0 Å². The molecule has 0 bridgehead atoms. The number of methoxy groups -OCH3 is 1. The van der Waals surface area contributed by atoms with Crippen molar-refractivity contribution in [3.8, 4) is 17.0 Å². The van der Waals surface area contributed by atoms with E-state index in [-0.39, 0.29) is 11.8 Å². The monoisotopic (exact) mass is 401 g/mol. The molecule has 0 spiro atoms. The molecule has 1 heterocycles. The second-order valence-corrected chi connectivity index (χ2v) is 6.74. The Hall–Kier alpha value is -3.93. The van der Waals surface area contributed by atoms with E-state index in [4.69, 9.17) is 4.74 Å². The molecule has 0 atom stereocenters. The number of urea groups is 1. The van der Waals surface area contributed by atoms with Crippen LogP contribution in [0.25, 0.3) is 22.2 Å². The number of halogens is 1. The van der Waals surface area contributed by atoms with Gasteiger partial charge in [0.25, 0.3) is 0 Å². The Labute approximate surface area is 173 Å². The number of pyridine rings is 1. The van der Waals surface area contributed by atoms with Crippen LogP contribution in [0.3, 0.4) is 0 Å². The highest BCUT2D eigenvalue weighted by Gasteiger charge is 2.10. The van der Waals surface area contributed by atoms with Crippen molar-refractivity contribution in [2.75, 3.05) is 12.4 Å². The van der Waals surface area contributed by atoms with Gasteiger partial charge in [0.05, 0.1) is 18.3 Å². The summed E-state index contributed by atoms with van der Waals surface area (Å²) in [4.78, 5) is 16.9. The van der Waals surface area contributed by atoms with Gasteiger partial charge in [-0.15, -0.1) is 0 Å². The quantitative estimate of drug-likeness (QED) is 0.472. The van der Waals surface area contributed by atoms with Gasteiger partial charge in [-0.3, -0.25) is 0 Å². The summed E-state index contributed by atoms with van der Waals surface area (Å²) in [6.45, 7) is 0.437. The third-order valence-electron chi connectivity index (χ3n) is 4.68. The van der Waals surface area contributed by atoms with Crippen molar-refractivity contribution in [2.24, 2.45) is 0 Å². The van der Waals surface area contributed by atoms with E-state index in [0.29, 0.717) is 29.2 Å². The van der Waals surface area contributed by atoms with Gasteiger partial charge < -0.3 is 15.4 Å². The zero-order valence-electron chi connectivity index (χ0n) is 16.4. The molecule has 0 saturated carbocycles. The maximum Gasteiger partial charge on any atom is 0.319 e. The first-order valence-electron chi connectivity index (χ1n) is 9.46. The topological polar surface area (TPSA) is 63.2 Å². The number of hydrogen-bond donors (Lipinski definition) is 2. The minimum atomic E-state index is -0.298. The Kier molecular flexibility index (Phi) is 5.57. The molecule has 2 amide bonds. The number of carbonyl (C=O) groups excluding carboxylic acids is 1. The van der Waals surface area contributed by atoms with Crippen LogP contribution in [0.15, 0.2) is 78.9 Å². The number of fused-ring (bicyclic) bond motifs is 1. The molecule has 150 valence electrons. The first kappa shape index (κ1) is 19.4. The van der Waals surface area contributed by atoms with Crippen LogP contribution >= 0.6 is 0 Å². The van der Waals surface area contributed by atoms with Crippen LogP contribution in [-0.2, 0) is 6.54 Å². The van der Waals surface area contributed by atoms with Gasteiger partial charge in [-0.25, -0.2) is 14.2 Å². The van der Waals surface area contributed by atoms with Gasteiger partial charge in [-0.05, 0) is 48.0 Å². The minimum absolute atomic E-state index is 0.298. The molecular weight excluding hydrogens is 381 g/mol. The zero-order chi connectivity index (χ0) is 20.9. The van der Waals surface area contributed by atoms with E-state index in [2.05, 4.69) is 15.6 Å². The Morgan fingerprint density at radius 2 is 1.77 bits per heavy atom. The molecule has 4 rings (SSSR count). The lowest BCUT2D eigenvalue weighted by molar-refractivity contribution is 0.251. The maximum absolute atomic E-state index is 13.2. The SMILES string of the molecule is COc1cc(-c2ccc(F)cc2)nc2ccc(NC(=O)NCc3ccccc3)cc12. The van der Waals surface area contributed by atoms with Gasteiger partial charge in [-0.1, -0.05) is 30.3 Å². The predicted octanol–water partition coefficient (Wildman–Crippen LogP) is 5.37. The fraction of sp³-hybridized carbons (Fsp3) is 0.0833. The summed E-state index contributed by atoms with van der Waals surface area (Å²) in [6, 6.07) is 22.8. The van der Waals surface area contributed by atoms with E-state index in [9.17, 15) is 9.18 Å². The molecule has 0 aliphatic rings. The lowest BCUT2D eigenvalue weighted by Crippen LogP contribution is -2.28. The number of nitrogens with one attached hydrogen (secondary N) is 2. The van der Waals surface area contributed by atoms with Gasteiger partial charge in [0.1, 0.15) is 11.6 Å². The normalized spacial score (nSPS) is 10.6. The summed E-state index contributed by atoms with van der Waals surface area (Å²) in [6.07, 6.45) is 0. The number of anilines is 1. The molecule has 1 aromatic heterocycles. The number of hydrogen-bond acceptors (Lipinski definition) is 3. The van der Waals surface area contributed by atoms with Crippen LogP contribution in [0.4, 0.5) is 14.9 Å². The van der Waals surface area contributed by atoms with E-state index in [1.54, 1.807) is 31.4 Å². The van der Waals surface area contributed by atoms with Crippen LogP contribution in [-0.4, -0.2) is 18.1 Å². The Balaban J connectivity index is 1.55. The highest BCUT2D eigenvalue weighted by atomic mass is 19.1. The highest BCUT2D eigenvalue weighted by Crippen LogP contribution is 2.31. The van der Waals surface area contributed by atoms with Gasteiger partial charge >= 0.3 is 6.03 Å². The van der Waals surface area contributed by atoms with Crippen molar-refractivity contribution in [3.05, 3.63) is 90.2 Å². The number of amides is 2. The summed E-state index contributed by atoms with van der Waals surface area (Å²) in [7, 11) is 1.58. The molecule has 0 unspecified atom stereocenters. The summed E-state index contributed by atoms with van der Waals surface area (Å²) >= 11 is 0. The fourth-order valence-corrected chi connectivity index (χ4v) is 3.16. The second kappa shape index (κ2) is 8.61. The molecule has 4 aromatic rings. The largest absolute Gasteiger partial charge is 0.496 e. The molecular formula is C24H20FN3O2. The molecule has 2 N–H and O–H groups in total. The fourth-order valence-electron chi connectivity index (χ4n) is 3.16. The second-order valence-electron chi connectivity index (χ2n) is 6.74. The van der Waals surface area contributed by atoms with Crippen molar-refractivity contribution in [1.29, 1.82) is 0 Å². The van der Waals surface area contributed by atoms with Crippen LogP contribution in [0.1, 0.15) is 5.56 Å². The van der Waals surface area contributed by atoms with Gasteiger partial charge in [0.2, 0.25) is 0 Å². The summed E-state index contributed by atoms with van der Waals surface area (Å²) in [5.74, 6) is 0.320. The first-order valence-corrected chi connectivity index (χ1v) is 9.46. The lowest BCUT2D eigenvalue weighted by atomic mass is 10.1. The molecule has 3 aromatic carbocycles. The highest BCUT2D eigenvalue weighted by molar-refractivity contribution is 5.95. The first-order chi connectivity index (χ1) is 14.6. The van der Waals surface area contributed by atoms with Crippen molar-refractivity contribution < 1.29 is 13.9 Å². The Morgan fingerprint density at radius 3 is 2.50 bits per heavy atom. The number of carbonyl (C=O) groups is 1. The predicted molar refractivity (Wildman–Crippen MR) is 116 cm³/mol. The summed E-state index contributed by atoms with van der Waals surface area (Å²) < 4.78 is 18.8. The average Bonchev–Trinajstić information content (AvgIpc) is 2.78. The average molecular weight is 401 g/mol.